The van der Waals surface area contributed by atoms with Crippen molar-refractivity contribution >= 4 is 29.3 Å². The first-order chi connectivity index (χ1) is 8.11. The molecule has 1 fully saturated rings. The number of amides is 1. The lowest BCUT2D eigenvalue weighted by Crippen LogP contribution is -2.24. The molecule has 17 heavy (non-hydrogen) atoms. The number of benzene rings is 1. The molecule has 1 saturated heterocycles. The third kappa shape index (κ3) is 2.44. The first-order valence-electron chi connectivity index (χ1n) is 5.34. The van der Waals surface area contributed by atoms with Crippen LogP contribution in [-0.4, -0.2) is 29.8 Å². The monoisotopic (exact) mass is 251 g/mol. The molecule has 5 heteroatoms. The number of thioether (sulfide) groups is 1. The molecule has 90 valence electrons. The van der Waals surface area contributed by atoms with Crippen LogP contribution in [-0.2, 0) is 4.79 Å². The lowest BCUT2D eigenvalue weighted by molar-refractivity contribution is -0.117. The van der Waals surface area contributed by atoms with E-state index in [1.807, 2.05) is 12.3 Å². The zero-order valence-corrected chi connectivity index (χ0v) is 10.3. The molecule has 0 saturated carbocycles. The number of anilines is 1. The predicted molar refractivity (Wildman–Crippen MR) is 66.8 cm³/mol. The number of nitrogens with zero attached hydrogens (tertiary/aromatic N) is 1. The van der Waals surface area contributed by atoms with Crippen molar-refractivity contribution < 1.29 is 14.7 Å². The Morgan fingerprint density at radius 1 is 1.41 bits per heavy atom. The Balaban J connectivity index is 2.42. The summed E-state index contributed by atoms with van der Waals surface area (Å²) < 4.78 is 0. The molecule has 2 rings (SSSR count). The third-order valence-corrected chi connectivity index (χ3v) is 3.47. The molecule has 0 unspecified atom stereocenters. The summed E-state index contributed by atoms with van der Waals surface area (Å²) in [6, 6.07) is 5.04. The summed E-state index contributed by atoms with van der Waals surface area (Å²) in [4.78, 5) is 25.2. The van der Waals surface area contributed by atoms with Crippen molar-refractivity contribution in [2.24, 2.45) is 0 Å². The van der Waals surface area contributed by atoms with E-state index < -0.39 is 5.97 Å². The Hall–Kier alpha value is -1.49. The summed E-state index contributed by atoms with van der Waals surface area (Å²) in [6.07, 6.45) is 3.27. The second kappa shape index (κ2) is 4.79. The van der Waals surface area contributed by atoms with Crippen LogP contribution < -0.4 is 4.90 Å². The molecular weight excluding hydrogens is 238 g/mol. The Labute approximate surface area is 104 Å². The maximum Gasteiger partial charge on any atom is 0.335 e. The van der Waals surface area contributed by atoms with Gasteiger partial charge in [0.15, 0.2) is 0 Å². The van der Waals surface area contributed by atoms with Gasteiger partial charge in [0.1, 0.15) is 0 Å². The molecule has 0 bridgehead atoms. The van der Waals surface area contributed by atoms with Crippen molar-refractivity contribution in [3.63, 3.8) is 0 Å². The number of hydrogen-bond donors (Lipinski definition) is 1. The van der Waals surface area contributed by atoms with Gasteiger partial charge in [0.2, 0.25) is 5.91 Å². The van der Waals surface area contributed by atoms with Gasteiger partial charge in [-0.15, -0.1) is 11.8 Å². The van der Waals surface area contributed by atoms with Gasteiger partial charge in [-0.1, -0.05) is 0 Å². The summed E-state index contributed by atoms with van der Waals surface area (Å²) in [7, 11) is 0. The minimum atomic E-state index is -0.964. The van der Waals surface area contributed by atoms with Gasteiger partial charge >= 0.3 is 5.97 Å². The molecule has 1 aliphatic rings. The van der Waals surface area contributed by atoms with E-state index in [-0.39, 0.29) is 11.5 Å². The van der Waals surface area contributed by atoms with Crippen LogP contribution in [0.4, 0.5) is 5.69 Å². The summed E-state index contributed by atoms with van der Waals surface area (Å²) in [6.45, 7) is 0.676. The Morgan fingerprint density at radius 2 is 2.18 bits per heavy atom. The zero-order chi connectivity index (χ0) is 12.4. The first-order valence-corrected chi connectivity index (χ1v) is 6.57. The molecule has 1 aromatic rings. The van der Waals surface area contributed by atoms with Crippen LogP contribution in [0.3, 0.4) is 0 Å². The van der Waals surface area contributed by atoms with Crippen LogP contribution in [0, 0.1) is 0 Å². The van der Waals surface area contributed by atoms with Crippen molar-refractivity contribution in [2.75, 3.05) is 17.7 Å². The minimum Gasteiger partial charge on any atom is -0.478 e. The Kier molecular flexibility index (Phi) is 3.38. The fourth-order valence-corrected chi connectivity index (χ4v) is 2.39. The highest BCUT2D eigenvalue weighted by molar-refractivity contribution is 7.98. The first kappa shape index (κ1) is 12.0. The number of carboxylic acid groups (broad SMARTS) is 1. The SMILES string of the molecule is CSc1cc(C(=O)O)cc(N2CCCC2=O)c1. The van der Waals surface area contributed by atoms with E-state index in [0.717, 1.165) is 11.3 Å². The lowest BCUT2D eigenvalue weighted by Gasteiger charge is -2.17. The molecular formula is C12H13NO3S. The van der Waals surface area contributed by atoms with E-state index in [4.69, 9.17) is 5.11 Å². The van der Waals surface area contributed by atoms with Crippen LogP contribution in [0.5, 0.6) is 0 Å². The van der Waals surface area contributed by atoms with Crippen molar-refractivity contribution in [2.45, 2.75) is 17.7 Å². The second-order valence-corrected chi connectivity index (χ2v) is 4.75. The highest BCUT2D eigenvalue weighted by Crippen LogP contribution is 2.27. The second-order valence-electron chi connectivity index (χ2n) is 3.87. The maximum atomic E-state index is 11.6. The smallest absolute Gasteiger partial charge is 0.335 e. The quantitative estimate of drug-likeness (QED) is 0.837. The number of hydrogen-bond acceptors (Lipinski definition) is 3. The van der Waals surface area contributed by atoms with E-state index in [1.54, 1.807) is 17.0 Å². The third-order valence-electron chi connectivity index (χ3n) is 2.76. The van der Waals surface area contributed by atoms with Crippen molar-refractivity contribution in [1.29, 1.82) is 0 Å². The van der Waals surface area contributed by atoms with Crippen molar-refractivity contribution in [1.82, 2.24) is 0 Å². The molecule has 1 aromatic carbocycles. The number of rotatable bonds is 3. The number of carbonyl (C=O) groups is 2. The molecule has 1 amide bonds. The predicted octanol–water partition coefficient (Wildman–Crippen LogP) is 2.23. The fraction of sp³-hybridized carbons (Fsp3) is 0.333. The zero-order valence-electron chi connectivity index (χ0n) is 9.47. The average Bonchev–Trinajstić information content (AvgIpc) is 2.74. The van der Waals surface area contributed by atoms with E-state index in [1.165, 1.54) is 11.8 Å². The van der Waals surface area contributed by atoms with Crippen LogP contribution in [0.15, 0.2) is 23.1 Å². The van der Waals surface area contributed by atoms with Gasteiger partial charge < -0.3 is 10.0 Å². The number of aromatic carboxylic acids is 1. The van der Waals surface area contributed by atoms with E-state index in [9.17, 15) is 9.59 Å². The van der Waals surface area contributed by atoms with Gasteiger partial charge in [0.05, 0.1) is 5.56 Å². The molecule has 1 heterocycles. The van der Waals surface area contributed by atoms with Gasteiger partial charge in [-0.05, 0) is 30.9 Å². The summed E-state index contributed by atoms with van der Waals surface area (Å²) in [5, 5.41) is 9.03. The highest BCUT2D eigenvalue weighted by atomic mass is 32.2. The van der Waals surface area contributed by atoms with Gasteiger partial charge in [0.25, 0.3) is 0 Å². The standard InChI is InChI=1S/C12H13NO3S/c1-17-10-6-8(12(15)16)5-9(7-10)13-4-2-3-11(13)14/h5-7H,2-4H2,1H3,(H,15,16). The molecule has 0 atom stereocenters. The van der Waals surface area contributed by atoms with Gasteiger partial charge in [-0.25, -0.2) is 4.79 Å². The molecule has 4 nitrogen and oxygen atoms in total. The van der Waals surface area contributed by atoms with E-state index >= 15 is 0 Å². The lowest BCUT2D eigenvalue weighted by atomic mass is 10.2. The average molecular weight is 251 g/mol. The Bertz CT molecular complexity index is 473. The van der Waals surface area contributed by atoms with Crippen molar-refractivity contribution in [3.8, 4) is 0 Å². The highest BCUT2D eigenvalue weighted by Gasteiger charge is 2.22. The van der Waals surface area contributed by atoms with Gasteiger partial charge in [-0.2, -0.15) is 0 Å². The van der Waals surface area contributed by atoms with Gasteiger partial charge in [-0.3, -0.25) is 4.79 Å². The fourth-order valence-electron chi connectivity index (χ4n) is 1.90. The van der Waals surface area contributed by atoms with Crippen LogP contribution >= 0.6 is 11.8 Å². The van der Waals surface area contributed by atoms with Crippen LogP contribution in [0.25, 0.3) is 0 Å². The largest absolute Gasteiger partial charge is 0.478 e. The molecule has 0 radical (unpaired) electrons. The van der Waals surface area contributed by atoms with E-state index in [2.05, 4.69) is 0 Å². The maximum absolute atomic E-state index is 11.6. The van der Waals surface area contributed by atoms with Crippen LogP contribution in [0.2, 0.25) is 0 Å². The summed E-state index contributed by atoms with van der Waals surface area (Å²) in [5.41, 5.74) is 0.920. The normalized spacial score (nSPS) is 15.4. The molecule has 1 N–H and O–H groups in total. The number of carboxylic acids is 1. The summed E-state index contributed by atoms with van der Waals surface area (Å²) >= 11 is 1.47. The minimum absolute atomic E-state index is 0.0691. The van der Waals surface area contributed by atoms with Crippen LogP contribution in [0.1, 0.15) is 23.2 Å². The summed E-state index contributed by atoms with van der Waals surface area (Å²) in [5.74, 6) is -0.895. The van der Waals surface area contributed by atoms with E-state index in [0.29, 0.717) is 18.7 Å². The topological polar surface area (TPSA) is 57.6 Å². The molecule has 0 aliphatic carbocycles. The molecule has 0 spiro atoms. The molecule has 1 aliphatic heterocycles. The Morgan fingerprint density at radius 3 is 2.71 bits per heavy atom. The number of carbonyl (C=O) groups excluding carboxylic acids is 1. The molecule has 0 aromatic heterocycles. The van der Waals surface area contributed by atoms with Crippen molar-refractivity contribution in [3.05, 3.63) is 23.8 Å². The van der Waals surface area contributed by atoms with Gasteiger partial charge in [0, 0.05) is 23.5 Å².